The van der Waals surface area contributed by atoms with Crippen LogP contribution in [0.25, 0.3) is 0 Å². The highest BCUT2D eigenvalue weighted by Crippen LogP contribution is 2.57. The van der Waals surface area contributed by atoms with Crippen molar-refractivity contribution in [3.8, 4) is 0 Å². The van der Waals surface area contributed by atoms with Crippen molar-refractivity contribution >= 4 is 38.2 Å². The van der Waals surface area contributed by atoms with Gasteiger partial charge in [0, 0.05) is 12.7 Å². The zero-order valence-corrected chi connectivity index (χ0v) is 22.3. The largest absolute Gasteiger partial charge is 0.481 e. The number of phosphoric ester groups is 1. The maximum absolute atomic E-state index is 14.2. The zero-order valence-electron chi connectivity index (χ0n) is 18.4. The molecule has 0 bridgehead atoms. The summed E-state index contributed by atoms with van der Waals surface area (Å²) in [5.41, 5.74) is -0.648. The van der Waals surface area contributed by atoms with Gasteiger partial charge in [-0.3, -0.25) is 18.5 Å². The fraction of sp³-hybridized carbons (Fsp3) is 0.444. The molecule has 0 amide bonds. The van der Waals surface area contributed by atoms with Crippen LogP contribution in [0.2, 0.25) is 0 Å². The molecule has 2 aromatic rings. The van der Waals surface area contributed by atoms with Crippen molar-refractivity contribution in [1.29, 1.82) is 0 Å². The first kappa shape index (κ1) is 29.3. The Labute approximate surface area is 215 Å². The zero-order chi connectivity index (χ0) is 27.0. The van der Waals surface area contributed by atoms with Crippen molar-refractivity contribution in [1.82, 2.24) is 9.13 Å². The van der Waals surface area contributed by atoms with Gasteiger partial charge >= 0.3 is 21.3 Å². The maximum Gasteiger partial charge on any atom is 0.481 e. The molecule has 0 aliphatic carbocycles. The summed E-state index contributed by atoms with van der Waals surface area (Å²) in [7, 11) is -10.6. The Hall–Kier alpha value is -1.30. The van der Waals surface area contributed by atoms with E-state index < -0.39 is 63.9 Å². The first-order valence-electron chi connectivity index (χ1n) is 10.1. The molecule has 1 saturated heterocycles. The van der Waals surface area contributed by atoms with Crippen LogP contribution in [0, 0.1) is 16.3 Å². The molecule has 0 saturated carbocycles. The third-order valence-electron chi connectivity index (χ3n) is 5.19. The van der Waals surface area contributed by atoms with Crippen LogP contribution in [0.1, 0.15) is 17.4 Å². The molecule has 0 spiro atoms. The lowest BCUT2D eigenvalue weighted by Gasteiger charge is -2.19. The summed E-state index contributed by atoms with van der Waals surface area (Å²) in [5, 5.41) is 20.7. The number of hydrogen-bond donors (Lipinski definition) is 5. The highest BCUT2D eigenvalue weighted by molar-refractivity contribution is 14.1. The third-order valence-corrected chi connectivity index (χ3v) is 8.08. The number of phosphoric acid groups is 2. The molecule has 18 heteroatoms. The number of ether oxygens (including phenoxy) is 1. The lowest BCUT2D eigenvalue weighted by molar-refractivity contribution is -0.0549. The topological polar surface area (TPSA) is 207 Å². The summed E-state index contributed by atoms with van der Waals surface area (Å²) in [4.78, 5) is 52.3. The normalized spacial score (nSPS) is 24.1. The Kier molecular flexibility index (Phi) is 9.11. The minimum absolute atomic E-state index is 0.000123. The van der Waals surface area contributed by atoms with Gasteiger partial charge in [0.25, 0.3) is 5.56 Å². The number of hydrogen-bond acceptors (Lipinski definition) is 9. The Morgan fingerprint density at radius 1 is 1.17 bits per heavy atom. The summed E-state index contributed by atoms with van der Waals surface area (Å²) in [6, 6.07) is 4.52. The number of aliphatic hydroxyl groups excluding tert-OH is 2. The molecule has 1 fully saturated rings. The second-order valence-electron chi connectivity index (χ2n) is 7.85. The van der Waals surface area contributed by atoms with Crippen molar-refractivity contribution in [2.75, 3.05) is 6.61 Å². The first-order valence-corrected chi connectivity index (χ1v) is 14.2. The predicted octanol–water partition coefficient (Wildman–Crippen LogP) is 0.150. The van der Waals surface area contributed by atoms with Crippen molar-refractivity contribution in [3.63, 3.8) is 0 Å². The Balaban J connectivity index is 1.82. The van der Waals surface area contributed by atoms with Crippen LogP contribution in [-0.4, -0.2) is 58.9 Å². The van der Waals surface area contributed by atoms with Crippen molar-refractivity contribution in [2.24, 2.45) is 0 Å². The molecular weight excluding hydrogens is 644 g/mol. The van der Waals surface area contributed by atoms with Crippen LogP contribution in [0.3, 0.4) is 0 Å². The van der Waals surface area contributed by atoms with Crippen LogP contribution in [0.15, 0.2) is 34.0 Å². The number of aryl methyl sites for hydroxylation is 2. The summed E-state index contributed by atoms with van der Waals surface area (Å²) in [5.74, 6) is -0.501. The van der Waals surface area contributed by atoms with Crippen molar-refractivity contribution < 1.29 is 52.0 Å². The molecule has 5 atom stereocenters. The van der Waals surface area contributed by atoms with E-state index in [0.29, 0.717) is 5.56 Å². The maximum atomic E-state index is 14.2. The minimum atomic E-state index is -5.39. The van der Waals surface area contributed by atoms with Crippen LogP contribution in [0.5, 0.6) is 0 Å². The first-order chi connectivity index (χ1) is 16.6. The smallest absolute Gasteiger partial charge is 0.387 e. The van der Waals surface area contributed by atoms with Gasteiger partial charge in [-0.15, -0.1) is 0 Å². The predicted molar refractivity (Wildman–Crippen MR) is 127 cm³/mol. The second kappa shape index (κ2) is 11.2. The van der Waals surface area contributed by atoms with E-state index in [2.05, 4.69) is 8.83 Å². The summed E-state index contributed by atoms with van der Waals surface area (Å²) >= 11 is 1.65. The summed E-state index contributed by atoms with van der Waals surface area (Å²) < 4.78 is 51.7. The molecule has 1 aromatic heterocycles. The van der Waals surface area contributed by atoms with Gasteiger partial charge in [-0.1, -0.05) is 12.1 Å². The van der Waals surface area contributed by atoms with Gasteiger partial charge < -0.3 is 29.6 Å². The number of rotatable bonds is 9. The molecule has 5 N–H and O–H groups in total. The molecule has 14 nitrogen and oxygen atoms in total. The fourth-order valence-electron chi connectivity index (χ4n) is 3.48. The van der Waals surface area contributed by atoms with Crippen LogP contribution < -0.4 is 11.2 Å². The third kappa shape index (κ3) is 6.96. The molecular formula is C18H22FIN2O12P2. The molecule has 1 aliphatic heterocycles. The quantitative estimate of drug-likeness (QED) is 0.179. The molecule has 2 heterocycles. The van der Waals surface area contributed by atoms with E-state index in [-0.39, 0.29) is 22.1 Å². The average Bonchev–Trinajstić information content (AvgIpc) is 3.03. The monoisotopic (exact) mass is 666 g/mol. The Morgan fingerprint density at radius 2 is 1.83 bits per heavy atom. The van der Waals surface area contributed by atoms with E-state index in [0.717, 1.165) is 15.3 Å². The van der Waals surface area contributed by atoms with Gasteiger partial charge in [-0.25, -0.2) is 18.3 Å². The van der Waals surface area contributed by atoms with E-state index in [1.165, 1.54) is 12.1 Å². The second-order valence-corrected chi connectivity index (χ2v) is 11.8. The molecule has 0 radical (unpaired) electrons. The van der Waals surface area contributed by atoms with Gasteiger partial charge in [-0.05, 0) is 53.1 Å². The number of aliphatic hydroxyl groups is 2. The van der Waals surface area contributed by atoms with Crippen molar-refractivity contribution in [2.45, 2.75) is 44.4 Å². The van der Waals surface area contributed by atoms with E-state index in [9.17, 15) is 38.2 Å². The SMILES string of the molecule is Cc1ccc(CCn2c(=O)c(I)cn([C@@H]3O[C@H](COP(=O)(O)OP(=O)(O)O)[C@H](O)C3O)c2=O)c(F)c1. The average molecular weight is 666 g/mol. The lowest BCUT2D eigenvalue weighted by Crippen LogP contribution is -2.44. The fourth-order valence-corrected chi connectivity index (χ4v) is 5.67. The highest BCUT2D eigenvalue weighted by atomic mass is 127. The van der Waals surface area contributed by atoms with Gasteiger partial charge in [0.05, 0.1) is 10.2 Å². The van der Waals surface area contributed by atoms with E-state index in [1.54, 1.807) is 35.6 Å². The van der Waals surface area contributed by atoms with Gasteiger partial charge in [0.2, 0.25) is 0 Å². The standard InChI is InChI=1S/C18H22FIN2O12P2/c1-9-2-3-10(11(19)6-9)4-5-21-16(25)12(20)7-22(18(21)26)17-15(24)14(23)13(33-17)8-32-36(30,31)34-35(27,28)29/h2-3,6-7,13-15,17,23-24H,4-5,8H2,1H3,(H,30,31)(H2,27,28,29)/t13-,14+,15?,17-/m1/s1. The van der Waals surface area contributed by atoms with Crippen LogP contribution in [0.4, 0.5) is 4.39 Å². The minimum Gasteiger partial charge on any atom is -0.387 e. The summed E-state index contributed by atoms with van der Waals surface area (Å²) in [6.07, 6.45) is -5.56. The van der Waals surface area contributed by atoms with E-state index >= 15 is 0 Å². The molecule has 36 heavy (non-hydrogen) atoms. The van der Waals surface area contributed by atoms with Gasteiger partial charge in [-0.2, -0.15) is 4.31 Å². The lowest BCUT2D eigenvalue weighted by atomic mass is 10.1. The number of aromatic nitrogens is 2. The molecule has 3 rings (SSSR count). The molecule has 200 valence electrons. The molecule has 1 aliphatic rings. The number of benzene rings is 1. The molecule has 2 unspecified atom stereocenters. The summed E-state index contributed by atoms with van der Waals surface area (Å²) in [6.45, 7) is 0.541. The van der Waals surface area contributed by atoms with Crippen molar-refractivity contribution in [3.05, 3.63) is 65.7 Å². The number of nitrogens with zero attached hydrogens (tertiary/aromatic N) is 2. The van der Waals surface area contributed by atoms with Crippen LogP contribution in [-0.2, 0) is 35.7 Å². The highest BCUT2D eigenvalue weighted by Gasteiger charge is 2.46. The van der Waals surface area contributed by atoms with E-state index in [4.69, 9.17) is 14.5 Å². The van der Waals surface area contributed by atoms with Gasteiger partial charge in [0.15, 0.2) is 6.23 Å². The Morgan fingerprint density at radius 3 is 2.44 bits per heavy atom. The van der Waals surface area contributed by atoms with Gasteiger partial charge in [0.1, 0.15) is 24.1 Å². The number of halogens is 2. The van der Waals surface area contributed by atoms with E-state index in [1.807, 2.05) is 0 Å². The molecule has 1 aromatic carbocycles. The Bertz CT molecular complexity index is 1340. The van der Waals surface area contributed by atoms with Crippen LogP contribution >= 0.6 is 38.2 Å².